The summed E-state index contributed by atoms with van der Waals surface area (Å²) in [7, 11) is 5.86. The summed E-state index contributed by atoms with van der Waals surface area (Å²) in [5.74, 6) is 0.976. The van der Waals surface area contributed by atoms with Crippen LogP contribution in [0.15, 0.2) is 18.2 Å². The van der Waals surface area contributed by atoms with Gasteiger partial charge in [0, 0.05) is 25.2 Å². The zero-order valence-electron chi connectivity index (χ0n) is 13.2. The first-order valence-corrected chi connectivity index (χ1v) is 6.89. The lowest BCUT2D eigenvalue weighted by atomic mass is 9.86. The zero-order valence-corrected chi connectivity index (χ0v) is 13.2. The van der Waals surface area contributed by atoms with Crippen LogP contribution in [0, 0.1) is 0 Å². The molecular formula is C16H28N2O. The average molecular weight is 264 g/mol. The minimum absolute atomic E-state index is 0.171. The van der Waals surface area contributed by atoms with Crippen LogP contribution in [-0.2, 0) is 12.0 Å². The van der Waals surface area contributed by atoms with Gasteiger partial charge < -0.3 is 15.0 Å². The number of nitrogens with one attached hydrogen (secondary N) is 1. The Labute approximate surface area is 118 Å². The van der Waals surface area contributed by atoms with Crippen LogP contribution in [-0.4, -0.2) is 39.2 Å². The number of rotatable bonds is 6. The molecule has 1 aromatic rings. The highest BCUT2D eigenvalue weighted by Crippen LogP contribution is 2.28. The number of nitrogens with zero attached hydrogens (tertiary/aromatic N) is 1. The third-order valence-electron chi connectivity index (χ3n) is 3.33. The summed E-state index contributed by atoms with van der Waals surface area (Å²) in [6.07, 6.45) is 0. The van der Waals surface area contributed by atoms with Crippen LogP contribution >= 0.6 is 0 Å². The second-order valence-electron chi connectivity index (χ2n) is 6.12. The van der Waals surface area contributed by atoms with Crippen molar-refractivity contribution in [3.8, 4) is 5.75 Å². The molecule has 0 spiro atoms. The minimum Gasteiger partial charge on any atom is -0.496 e. The van der Waals surface area contributed by atoms with Gasteiger partial charge in [-0.05, 0) is 31.1 Å². The summed E-state index contributed by atoms with van der Waals surface area (Å²) in [5.41, 5.74) is 2.78. The molecule has 0 amide bonds. The Bertz CT molecular complexity index is 396. The third-order valence-corrected chi connectivity index (χ3v) is 3.33. The molecule has 0 atom stereocenters. The molecular weight excluding hydrogens is 236 g/mol. The van der Waals surface area contributed by atoms with Gasteiger partial charge in [0.05, 0.1) is 7.11 Å². The van der Waals surface area contributed by atoms with Crippen molar-refractivity contribution in [1.29, 1.82) is 0 Å². The molecule has 0 heterocycles. The molecule has 0 bridgehead atoms. The van der Waals surface area contributed by atoms with Crippen LogP contribution in [0.3, 0.4) is 0 Å². The zero-order chi connectivity index (χ0) is 14.5. The molecule has 3 heteroatoms. The van der Waals surface area contributed by atoms with Gasteiger partial charge in [0.15, 0.2) is 0 Å². The quantitative estimate of drug-likeness (QED) is 0.855. The Morgan fingerprint density at radius 2 is 1.95 bits per heavy atom. The van der Waals surface area contributed by atoms with Crippen molar-refractivity contribution < 1.29 is 4.74 Å². The molecule has 0 radical (unpaired) electrons. The van der Waals surface area contributed by atoms with Crippen LogP contribution in [0.5, 0.6) is 5.75 Å². The summed E-state index contributed by atoms with van der Waals surface area (Å²) in [4.78, 5) is 2.31. The van der Waals surface area contributed by atoms with E-state index in [1.54, 1.807) is 7.11 Å². The van der Waals surface area contributed by atoms with Crippen LogP contribution < -0.4 is 10.1 Å². The number of hydrogen-bond donors (Lipinski definition) is 1. The molecule has 19 heavy (non-hydrogen) atoms. The lowest BCUT2D eigenvalue weighted by Gasteiger charge is -2.23. The van der Waals surface area contributed by atoms with Crippen molar-refractivity contribution >= 4 is 0 Å². The Morgan fingerprint density at radius 1 is 1.26 bits per heavy atom. The van der Waals surface area contributed by atoms with Gasteiger partial charge in [0.25, 0.3) is 0 Å². The molecule has 0 aromatic heterocycles. The van der Waals surface area contributed by atoms with Gasteiger partial charge in [-0.15, -0.1) is 0 Å². The molecule has 0 aliphatic heterocycles. The molecule has 0 fully saturated rings. The molecule has 0 saturated carbocycles. The molecule has 0 aliphatic rings. The fourth-order valence-corrected chi connectivity index (χ4v) is 2.04. The van der Waals surface area contributed by atoms with Crippen molar-refractivity contribution in [2.24, 2.45) is 0 Å². The van der Waals surface area contributed by atoms with Crippen molar-refractivity contribution in [1.82, 2.24) is 10.2 Å². The van der Waals surface area contributed by atoms with Crippen molar-refractivity contribution in [2.75, 3.05) is 34.3 Å². The number of ether oxygens (including phenoxy) is 1. The summed E-state index contributed by atoms with van der Waals surface area (Å²) in [5, 5.41) is 3.18. The van der Waals surface area contributed by atoms with E-state index in [0.717, 1.165) is 25.4 Å². The van der Waals surface area contributed by atoms with Gasteiger partial charge in [-0.1, -0.05) is 32.9 Å². The minimum atomic E-state index is 0.171. The number of hydrogen-bond acceptors (Lipinski definition) is 3. The SMILES string of the molecule is CNCCN(C)Cc1cc(C(C)(C)C)ccc1OC. The van der Waals surface area contributed by atoms with E-state index in [1.165, 1.54) is 11.1 Å². The lowest BCUT2D eigenvalue weighted by molar-refractivity contribution is 0.318. The maximum atomic E-state index is 5.48. The molecule has 1 rings (SSSR count). The number of benzene rings is 1. The molecule has 0 saturated heterocycles. The summed E-state index contributed by atoms with van der Waals surface area (Å²) < 4.78 is 5.48. The maximum Gasteiger partial charge on any atom is 0.123 e. The first-order valence-electron chi connectivity index (χ1n) is 6.89. The Balaban J connectivity index is 2.90. The van der Waals surface area contributed by atoms with Crippen molar-refractivity contribution in [3.63, 3.8) is 0 Å². The highest BCUT2D eigenvalue weighted by molar-refractivity contribution is 5.39. The molecule has 0 aliphatic carbocycles. The van der Waals surface area contributed by atoms with E-state index in [0.29, 0.717) is 0 Å². The van der Waals surface area contributed by atoms with Crippen molar-refractivity contribution in [3.05, 3.63) is 29.3 Å². The summed E-state index contributed by atoms with van der Waals surface area (Å²) >= 11 is 0. The Kier molecular flexibility index (Phi) is 5.83. The molecule has 3 nitrogen and oxygen atoms in total. The third kappa shape index (κ3) is 4.84. The second kappa shape index (κ2) is 6.92. The smallest absolute Gasteiger partial charge is 0.123 e. The van der Waals surface area contributed by atoms with Gasteiger partial charge >= 0.3 is 0 Å². The van der Waals surface area contributed by atoms with Crippen LogP contribution in [0.1, 0.15) is 31.9 Å². The van der Waals surface area contributed by atoms with Crippen LogP contribution in [0.4, 0.5) is 0 Å². The normalized spacial score (nSPS) is 11.9. The summed E-state index contributed by atoms with van der Waals surface area (Å²) in [6.45, 7) is 9.65. The van der Waals surface area contributed by atoms with E-state index in [9.17, 15) is 0 Å². The van der Waals surface area contributed by atoms with Gasteiger partial charge in [-0.2, -0.15) is 0 Å². The number of likely N-dealkylation sites (N-methyl/N-ethyl adjacent to an activating group) is 2. The molecule has 1 aromatic carbocycles. The molecule has 0 unspecified atom stereocenters. The van der Waals surface area contributed by atoms with Gasteiger partial charge in [-0.3, -0.25) is 0 Å². The van der Waals surface area contributed by atoms with Crippen LogP contribution in [0.2, 0.25) is 0 Å². The van der Waals surface area contributed by atoms with Gasteiger partial charge in [-0.25, -0.2) is 0 Å². The Morgan fingerprint density at radius 3 is 2.47 bits per heavy atom. The summed E-state index contributed by atoms with van der Waals surface area (Å²) in [6, 6.07) is 6.52. The van der Waals surface area contributed by atoms with E-state index >= 15 is 0 Å². The second-order valence-corrected chi connectivity index (χ2v) is 6.12. The predicted molar refractivity (Wildman–Crippen MR) is 82.0 cm³/mol. The monoisotopic (exact) mass is 264 g/mol. The predicted octanol–water partition coefficient (Wildman–Crippen LogP) is 2.64. The fraction of sp³-hybridized carbons (Fsp3) is 0.625. The van der Waals surface area contributed by atoms with Gasteiger partial charge in [0.2, 0.25) is 0 Å². The maximum absolute atomic E-state index is 5.48. The standard InChI is InChI=1S/C16H28N2O/c1-16(2,3)14-7-8-15(19-6)13(11-14)12-18(5)10-9-17-4/h7-8,11,17H,9-10,12H2,1-6H3. The van der Waals surface area contributed by atoms with E-state index in [-0.39, 0.29) is 5.41 Å². The largest absolute Gasteiger partial charge is 0.496 e. The Hall–Kier alpha value is -1.06. The highest BCUT2D eigenvalue weighted by atomic mass is 16.5. The average Bonchev–Trinajstić information content (AvgIpc) is 2.35. The van der Waals surface area contributed by atoms with E-state index in [2.05, 4.69) is 56.2 Å². The topological polar surface area (TPSA) is 24.5 Å². The van der Waals surface area contributed by atoms with E-state index < -0.39 is 0 Å². The van der Waals surface area contributed by atoms with E-state index in [4.69, 9.17) is 4.74 Å². The van der Waals surface area contributed by atoms with Gasteiger partial charge in [0.1, 0.15) is 5.75 Å². The molecule has 1 N–H and O–H groups in total. The highest BCUT2D eigenvalue weighted by Gasteiger charge is 2.16. The first kappa shape index (κ1) is 16.0. The lowest BCUT2D eigenvalue weighted by Crippen LogP contribution is -2.27. The van der Waals surface area contributed by atoms with E-state index in [1.807, 2.05) is 7.05 Å². The first-order chi connectivity index (χ1) is 8.88. The van der Waals surface area contributed by atoms with Crippen molar-refractivity contribution in [2.45, 2.75) is 32.7 Å². The number of methoxy groups -OCH3 is 1. The fourth-order valence-electron chi connectivity index (χ4n) is 2.04. The van der Waals surface area contributed by atoms with Crippen LogP contribution in [0.25, 0.3) is 0 Å². The molecule has 108 valence electrons.